The zero-order chi connectivity index (χ0) is 19.6. The molecule has 1 N–H and O–H groups in total. The van der Waals surface area contributed by atoms with E-state index >= 15 is 0 Å². The summed E-state index contributed by atoms with van der Waals surface area (Å²) in [6.45, 7) is 1.66. The van der Waals surface area contributed by atoms with Crippen molar-refractivity contribution in [3.8, 4) is 11.5 Å². The van der Waals surface area contributed by atoms with E-state index < -0.39 is 5.60 Å². The molecule has 0 saturated carbocycles. The van der Waals surface area contributed by atoms with Gasteiger partial charge in [0.05, 0.1) is 25.6 Å². The number of benzene rings is 2. The van der Waals surface area contributed by atoms with Gasteiger partial charge in [0.1, 0.15) is 17.1 Å². The van der Waals surface area contributed by atoms with E-state index in [1.54, 1.807) is 13.2 Å². The highest BCUT2D eigenvalue weighted by Crippen LogP contribution is 2.33. The Morgan fingerprint density at radius 1 is 1.14 bits per heavy atom. The van der Waals surface area contributed by atoms with E-state index in [1.165, 1.54) is 0 Å². The van der Waals surface area contributed by atoms with E-state index in [-0.39, 0.29) is 11.8 Å². The van der Waals surface area contributed by atoms with Crippen LogP contribution in [0.25, 0.3) is 0 Å². The molecule has 0 bridgehead atoms. The summed E-state index contributed by atoms with van der Waals surface area (Å²) in [7, 11) is 1.61. The van der Waals surface area contributed by atoms with E-state index in [4.69, 9.17) is 9.47 Å². The fourth-order valence-electron chi connectivity index (χ4n) is 3.92. The number of nitrogens with zero attached hydrogens (tertiary/aromatic N) is 1. The first-order valence-corrected chi connectivity index (χ1v) is 9.56. The first-order valence-electron chi connectivity index (χ1n) is 9.56. The summed E-state index contributed by atoms with van der Waals surface area (Å²) >= 11 is 0. The average molecular weight is 380 g/mol. The molecule has 2 aromatic rings. The van der Waals surface area contributed by atoms with Crippen molar-refractivity contribution in [3.05, 3.63) is 59.7 Å². The van der Waals surface area contributed by atoms with Gasteiger partial charge in [-0.2, -0.15) is 0 Å². The number of para-hydroxylation sites is 2. The van der Waals surface area contributed by atoms with Crippen LogP contribution in [0.5, 0.6) is 11.5 Å². The molecule has 2 amide bonds. The van der Waals surface area contributed by atoms with Gasteiger partial charge in [-0.3, -0.25) is 9.59 Å². The van der Waals surface area contributed by atoms with Crippen molar-refractivity contribution < 1.29 is 19.1 Å². The monoisotopic (exact) mass is 380 g/mol. The van der Waals surface area contributed by atoms with Crippen LogP contribution in [-0.4, -0.2) is 49.1 Å². The third kappa shape index (κ3) is 3.54. The van der Waals surface area contributed by atoms with Crippen LogP contribution in [0, 0.1) is 0 Å². The minimum atomic E-state index is -0.469. The Hall–Kier alpha value is -3.02. The lowest BCUT2D eigenvalue weighted by Crippen LogP contribution is -2.54. The molecule has 2 aliphatic rings. The molecule has 0 aliphatic carbocycles. The number of carbonyl (C=O) groups excluding carboxylic acids is 2. The number of fused-ring (bicyclic) bond motifs is 1. The van der Waals surface area contributed by atoms with Crippen molar-refractivity contribution in [3.63, 3.8) is 0 Å². The lowest BCUT2D eigenvalue weighted by molar-refractivity contribution is -0.133. The summed E-state index contributed by atoms with van der Waals surface area (Å²) in [4.78, 5) is 27.0. The molecular formula is C22H24N2O4. The predicted octanol–water partition coefficient (Wildman–Crippen LogP) is 2.42. The van der Waals surface area contributed by atoms with Crippen LogP contribution in [-0.2, 0) is 11.2 Å². The van der Waals surface area contributed by atoms with Crippen LogP contribution in [0.2, 0.25) is 0 Å². The molecular weight excluding hydrogens is 356 g/mol. The second-order valence-corrected chi connectivity index (χ2v) is 7.33. The molecule has 6 heteroatoms. The molecule has 2 aromatic carbocycles. The van der Waals surface area contributed by atoms with Crippen LogP contribution in [0.15, 0.2) is 48.5 Å². The van der Waals surface area contributed by atoms with E-state index in [9.17, 15) is 9.59 Å². The van der Waals surface area contributed by atoms with Gasteiger partial charge in [-0.1, -0.05) is 30.3 Å². The van der Waals surface area contributed by atoms with Gasteiger partial charge >= 0.3 is 0 Å². The van der Waals surface area contributed by atoms with Crippen LogP contribution in [0.4, 0.5) is 0 Å². The summed E-state index contributed by atoms with van der Waals surface area (Å²) in [5, 5.41) is 2.98. The van der Waals surface area contributed by atoms with Crippen LogP contribution >= 0.6 is 0 Å². The lowest BCUT2D eigenvalue weighted by Gasteiger charge is -2.41. The highest BCUT2D eigenvalue weighted by atomic mass is 16.5. The molecule has 0 aromatic heterocycles. The lowest BCUT2D eigenvalue weighted by atomic mass is 9.90. The molecule has 0 unspecified atom stereocenters. The molecule has 6 nitrogen and oxygen atoms in total. The van der Waals surface area contributed by atoms with Gasteiger partial charge in [0, 0.05) is 31.5 Å². The first-order chi connectivity index (χ1) is 13.6. The van der Waals surface area contributed by atoms with Crippen molar-refractivity contribution in [2.24, 2.45) is 0 Å². The van der Waals surface area contributed by atoms with Gasteiger partial charge in [0.2, 0.25) is 5.91 Å². The maximum absolute atomic E-state index is 12.8. The Morgan fingerprint density at radius 2 is 1.86 bits per heavy atom. The summed E-state index contributed by atoms with van der Waals surface area (Å²) in [5.41, 5.74) is 0.986. The van der Waals surface area contributed by atoms with Crippen molar-refractivity contribution in [1.29, 1.82) is 0 Å². The second-order valence-electron chi connectivity index (χ2n) is 7.33. The van der Waals surface area contributed by atoms with Crippen LogP contribution < -0.4 is 14.8 Å². The van der Waals surface area contributed by atoms with Crippen molar-refractivity contribution in [1.82, 2.24) is 10.2 Å². The molecule has 1 spiro atoms. The number of methoxy groups -OCH3 is 1. The molecule has 28 heavy (non-hydrogen) atoms. The minimum absolute atomic E-state index is 0.0809. The Morgan fingerprint density at radius 3 is 2.64 bits per heavy atom. The molecule has 0 atom stereocenters. The normalized spacial score (nSPS) is 17.9. The summed E-state index contributed by atoms with van der Waals surface area (Å²) in [6, 6.07) is 14.9. The van der Waals surface area contributed by atoms with Gasteiger partial charge in [-0.25, -0.2) is 0 Å². The number of likely N-dealkylation sites (tertiary alicyclic amines) is 1. The molecule has 2 aliphatic heterocycles. The number of carbonyl (C=O) groups is 2. The van der Waals surface area contributed by atoms with Crippen LogP contribution in [0.1, 0.15) is 28.8 Å². The fourth-order valence-corrected chi connectivity index (χ4v) is 3.92. The molecule has 0 radical (unpaired) electrons. The number of amides is 2. The summed E-state index contributed by atoms with van der Waals surface area (Å²) < 4.78 is 11.6. The number of hydrogen-bond donors (Lipinski definition) is 1. The van der Waals surface area contributed by atoms with Crippen LogP contribution in [0.3, 0.4) is 0 Å². The highest BCUT2D eigenvalue weighted by Gasteiger charge is 2.40. The SMILES string of the molecule is COc1ccccc1CC(=O)N1CCC2(CC1)CNC(=O)c1ccccc1O2. The first kappa shape index (κ1) is 18.3. The highest BCUT2D eigenvalue weighted by molar-refractivity contribution is 5.97. The third-order valence-corrected chi connectivity index (χ3v) is 5.59. The summed E-state index contributed by atoms with van der Waals surface area (Å²) in [6.07, 6.45) is 1.68. The standard InChI is InChI=1S/C22H24N2O4/c1-27-18-8-4-2-6-16(18)14-20(25)24-12-10-22(11-13-24)15-23-21(26)17-7-3-5-9-19(17)28-22/h2-9H,10-15H2,1H3,(H,23,26). The zero-order valence-corrected chi connectivity index (χ0v) is 15.9. The smallest absolute Gasteiger partial charge is 0.255 e. The second kappa shape index (κ2) is 7.54. The number of ether oxygens (including phenoxy) is 2. The predicted molar refractivity (Wildman–Crippen MR) is 105 cm³/mol. The number of rotatable bonds is 3. The van der Waals surface area contributed by atoms with Gasteiger partial charge in [0.25, 0.3) is 5.91 Å². The molecule has 1 saturated heterocycles. The zero-order valence-electron chi connectivity index (χ0n) is 15.9. The Bertz CT molecular complexity index is 888. The number of piperidine rings is 1. The molecule has 146 valence electrons. The molecule has 2 heterocycles. The van der Waals surface area contributed by atoms with E-state index in [0.29, 0.717) is 50.2 Å². The van der Waals surface area contributed by atoms with Crippen molar-refractivity contribution in [2.45, 2.75) is 24.9 Å². The Kier molecular flexibility index (Phi) is 4.94. The van der Waals surface area contributed by atoms with E-state index in [2.05, 4.69) is 5.32 Å². The molecule has 4 rings (SSSR count). The summed E-state index contributed by atoms with van der Waals surface area (Å²) in [5.74, 6) is 1.32. The van der Waals surface area contributed by atoms with Crippen molar-refractivity contribution in [2.75, 3.05) is 26.7 Å². The third-order valence-electron chi connectivity index (χ3n) is 5.59. The maximum Gasteiger partial charge on any atom is 0.255 e. The topological polar surface area (TPSA) is 67.9 Å². The van der Waals surface area contributed by atoms with E-state index in [1.807, 2.05) is 47.4 Å². The Labute approximate surface area is 164 Å². The van der Waals surface area contributed by atoms with Gasteiger partial charge in [-0.15, -0.1) is 0 Å². The van der Waals surface area contributed by atoms with E-state index in [0.717, 1.165) is 11.3 Å². The van der Waals surface area contributed by atoms with Crippen molar-refractivity contribution >= 4 is 11.8 Å². The quantitative estimate of drug-likeness (QED) is 0.888. The van der Waals surface area contributed by atoms with Gasteiger partial charge in [0.15, 0.2) is 0 Å². The average Bonchev–Trinajstić information content (AvgIpc) is 2.86. The van der Waals surface area contributed by atoms with Gasteiger partial charge < -0.3 is 19.7 Å². The minimum Gasteiger partial charge on any atom is -0.496 e. The largest absolute Gasteiger partial charge is 0.496 e. The van der Waals surface area contributed by atoms with Gasteiger partial charge in [-0.05, 0) is 18.2 Å². The Balaban J connectivity index is 1.43. The number of nitrogens with one attached hydrogen (secondary N) is 1. The number of hydrogen-bond acceptors (Lipinski definition) is 4. The molecule has 1 fully saturated rings. The maximum atomic E-state index is 12.8. The fraction of sp³-hybridized carbons (Fsp3) is 0.364.